The maximum absolute atomic E-state index is 5.58. The number of amidine groups is 1. The highest BCUT2D eigenvalue weighted by atomic mass is 32.2. The lowest BCUT2D eigenvalue weighted by Crippen LogP contribution is -2.20. The standard InChI is InChI=1S/C17H16N2OS/c1-10-8-13(9-12-4-7-20-15(10)12)14-16(11-2-3-11)21-17-18-5-6-19(14)17/h4,7-9,11H,2-3,5-6H2,1H3. The van der Waals surface area contributed by atoms with Gasteiger partial charge in [-0.1, -0.05) is 11.8 Å². The van der Waals surface area contributed by atoms with E-state index in [4.69, 9.17) is 4.42 Å². The van der Waals surface area contributed by atoms with Crippen molar-refractivity contribution in [2.24, 2.45) is 10.9 Å². The van der Waals surface area contributed by atoms with Crippen molar-refractivity contribution in [3.8, 4) is 0 Å². The molecular weight excluding hydrogens is 280 g/mol. The smallest absolute Gasteiger partial charge is 0.168 e. The fourth-order valence-electron chi connectivity index (χ4n) is 3.32. The Morgan fingerprint density at radius 2 is 2.24 bits per heavy atom. The summed E-state index contributed by atoms with van der Waals surface area (Å²) in [4.78, 5) is 8.61. The average molecular weight is 296 g/mol. The quantitative estimate of drug-likeness (QED) is 0.830. The van der Waals surface area contributed by atoms with E-state index in [1.165, 1.54) is 45.1 Å². The first-order chi connectivity index (χ1) is 10.3. The van der Waals surface area contributed by atoms with Gasteiger partial charge in [0.2, 0.25) is 0 Å². The molecule has 2 aliphatic heterocycles. The second-order valence-electron chi connectivity index (χ2n) is 6.04. The van der Waals surface area contributed by atoms with E-state index in [1.54, 1.807) is 6.26 Å². The molecule has 0 atom stereocenters. The molecule has 0 spiro atoms. The fourth-order valence-corrected chi connectivity index (χ4v) is 4.69. The zero-order chi connectivity index (χ0) is 14.0. The molecule has 1 aliphatic carbocycles. The fraction of sp³-hybridized carbons (Fsp3) is 0.353. The van der Waals surface area contributed by atoms with Crippen molar-refractivity contribution in [3.63, 3.8) is 0 Å². The highest BCUT2D eigenvalue weighted by Crippen LogP contribution is 2.52. The largest absolute Gasteiger partial charge is 0.464 e. The molecule has 0 N–H and O–H groups in total. The molecule has 2 aromatic rings. The van der Waals surface area contributed by atoms with Crippen LogP contribution in [0.15, 0.2) is 38.8 Å². The van der Waals surface area contributed by atoms with Crippen molar-refractivity contribution in [2.45, 2.75) is 19.8 Å². The van der Waals surface area contributed by atoms with Crippen LogP contribution in [-0.2, 0) is 0 Å². The Labute approximate surface area is 127 Å². The van der Waals surface area contributed by atoms with Crippen LogP contribution in [0.5, 0.6) is 0 Å². The second kappa shape index (κ2) is 4.17. The minimum absolute atomic E-state index is 0.763. The maximum Gasteiger partial charge on any atom is 0.168 e. The lowest BCUT2D eigenvalue weighted by Gasteiger charge is -2.18. The van der Waals surface area contributed by atoms with Crippen molar-refractivity contribution >= 4 is 33.6 Å². The summed E-state index contributed by atoms with van der Waals surface area (Å²) in [6.07, 6.45) is 4.45. The third kappa shape index (κ3) is 1.72. The highest BCUT2D eigenvalue weighted by Gasteiger charge is 2.40. The summed E-state index contributed by atoms with van der Waals surface area (Å²) in [5.41, 5.74) is 4.95. The summed E-state index contributed by atoms with van der Waals surface area (Å²) in [6, 6.07) is 6.60. The molecule has 1 saturated carbocycles. The van der Waals surface area contributed by atoms with Gasteiger partial charge in [0, 0.05) is 22.4 Å². The lowest BCUT2D eigenvalue weighted by molar-refractivity contribution is 0.613. The molecule has 0 unspecified atom stereocenters. The Kier molecular flexibility index (Phi) is 2.37. The van der Waals surface area contributed by atoms with E-state index in [0.29, 0.717) is 0 Å². The van der Waals surface area contributed by atoms with Crippen molar-refractivity contribution in [3.05, 3.63) is 40.5 Å². The molecule has 1 aromatic carbocycles. The zero-order valence-electron chi connectivity index (χ0n) is 11.9. The average Bonchev–Trinajstić information content (AvgIpc) is 2.89. The summed E-state index contributed by atoms with van der Waals surface area (Å²) < 4.78 is 5.58. The van der Waals surface area contributed by atoms with Gasteiger partial charge in [0.1, 0.15) is 5.58 Å². The van der Waals surface area contributed by atoms with Crippen molar-refractivity contribution in [2.75, 3.05) is 13.1 Å². The summed E-state index contributed by atoms with van der Waals surface area (Å²) in [7, 11) is 0. The molecule has 106 valence electrons. The molecule has 3 heterocycles. The van der Waals surface area contributed by atoms with Crippen LogP contribution in [0.2, 0.25) is 0 Å². The van der Waals surface area contributed by atoms with Gasteiger partial charge in [0.05, 0.1) is 18.5 Å². The topological polar surface area (TPSA) is 28.7 Å². The van der Waals surface area contributed by atoms with Crippen molar-refractivity contribution in [1.82, 2.24) is 4.90 Å². The third-order valence-electron chi connectivity index (χ3n) is 4.46. The Hall–Kier alpha value is -1.68. The van der Waals surface area contributed by atoms with Crippen LogP contribution in [0.4, 0.5) is 0 Å². The molecule has 4 heteroatoms. The van der Waals surface area contributed by atoms with Crippen LogP contribution in [0.25, 0.3) is 16.7 Å². The first-order valence-electron chi connectivity index (χ1n) is 7.53. The minimum Gasteiger partial charge on any atom is -0.464 e. The Balaban J connectivity index is 1.72. The predicted molar refractivity (Wildman–Crippen MR) is 87.2 cm³/mol. The van der Waals surface area contributed by atoms with Crippen LogP contribution in [-0.4, -0.2) is 23.2 Å². The Morgan fingerprint density at radius 3 is 3.10 bits per heavy atom. The summed E-state index contributed by atoms with van der Waals surface area (Å²) in [5.74, 6) is 0.763. The SMILES string of the molecule is Cc1cc(C2=C(C3CC3)SC3=NCCN32)cc2ccoc12. The first-order valence-corrected chi connectivity index (χ1v) is 8.35. The molecule has 3 aliphatic rings. The first kappa shape index (κ1) is 11.9. The van der Waals surface area contributed by atoms with E-state index in [0.717, 1.165) is 24.6 Å². The van der Waals surface area contributed by atoms with Gasteiger partial charge in [-0.3, -0.25) is 4.99 Å². The minimum atomic E-state index is 0.763. The number of nitrogens with zero attached hydrogens (tertiary/aromatic N) is 2. The van der Waals surface area contributed by atoms with Gasteiger partial charge < -0.3 is 9.32 Å². The van der Waals surface area contributed by atoms with E-state index >= 15 is 0 Å². The van der Waals surface area contributed by atoms with E-state index in [2.05, 4.69) is 35.0 Å². The number of rotatable bonds is 2. The van der Waals surface area contributed by atoms with E-state index in [9.17, 15) is 0 Å². The maximum atomic E-state index is 5.58. The molecule has 21 heavy (non-hydrogen) atoms. The monoisotopic (exact) mass is 296 g/mol. The number of aliphatic imine (C=N–C) groups is 1. The molecule has 1 aromatic heterocycles. The van der Waals surface area contributed by atoms with Gasteiger partial charge in [-0.2, -0.15) is 0 Å². The highest BCUT2D eigenvalue weighted by molar-refractivity contribution is 8.17. The van der Waals surface area contributed by atoms with Gasteiger partial charge in [-0.15, -0.1) is 0 Å². The predicted octanol–water partition coefficient (Wildman–Crippen LogP) is 4.24. The number of fused-ring (bicyclic) bond motifs is 2. The number of thioether (sulfide) groups is 1. The van der Waals surface area contributed by atoms with Gasteiger partial charge in [0.15, 0.2) is 5.17 Å². The molecule has 3 nitrogen and oxygen atoms in total. The number of hydrogen-bond donors (Lipinski definition) is 0. The van der Waals surface area contributed by atoms with Crippen LogP contribution >= 0.6 is 11.8 Å². The number of allylic oxidation sites excluding steroid dienone is 1. The van der Waals surface area contributed by atoms with Gasteiger partial charge >= 0.3 is 0 Å². The second-order valence-corrected chi connectivity index (χ2v) is 7.05. The molecule has 0 saturated heterocycles. The molecular formula is C17H16N2OS. The van der Waals surface area contributed by atoms with Crippen LogP contribution < -0.4 is 0 Å². The Morgan fingerprint density at radius 1 is 1.33 bits per heavy atom. The summed E-state index contributed by atoms with van der Waals surface area (Å²) in [6.45, 7) is 4.08. The number of furan rings is 1. The van der Waals surface area contributed by atoms with Gasteiger partial charge in [0.25, 0.3) is 0 Å². The van der Waals surface area contributed by atoms with E-state index < -0.39 is 0 Å². The molecule has 0 amide bonds. The van der Waals surface area contributed by atoms with Crippen molar-refractivity contribution in [1.29, 1.82) is 0 Å². The number of aryl methyl sites for hydroxylation is 1. The molecule has 5 rings (SSSR count). The summed E-state index contributed by atoms with van der Waals surface area (Å²) in [5, 5.41) is 2.40. The Bertz CT molecular complexity index is 813. The van der Waals surface area contributed by atoms with E-state index in [-0.39, 0.29) is 0 Å². The van der Waals surface area contributed by atoms with Crippen LogP contribution in [0.1, 0.15) is 24.0 Å². The number of benzene rings is 1. The van der Waals surface area contributed by atoms with E-state index in [1.807, 2.05) is 11.8 Å². The zero-order valence-corrected chi connectivity index (χ0v) is 12.7. The lowest BCUT2D eigenvalue weighted by atomic mass is 10.0. The number of hydrogen-bond acceptors (Lipinski definition) is 4. The van der Waals surface area contributed by atoms with Gasteiger partial charge in [-0.25, -0.2) is 0 Å². The molecule has 0 bridgehead atoms. The molecule has 1 fully saturated rings. The van der Waals surface area contributed by atoms with Crippen molar-refractivity contribution < 1.29 is 4.42 Å². The van der Waals surface area contributed by atoms with Crippen LogP contribution in [0.3, 0.4) is 0 Å². The molecule has 0 radical (unpaired) electrons. The summed E-state index contributed by atoms with van der Waals surface area (Å²) >= 11 is 1.90. The van der Waals surface area contributed by atoms with Gasteiger partial charge in [-0.05, 0) is 49.4 Å². The normalized spacial score (nSPS) is 21.4. The third-order valence-corrected chi connectivity index (χ3v) is 5.74. The van der Waals surface area contributed by atoms with Crippen LogP contribution in [0, 0.1) is 12.8 Å².